The zero-order valence-corrected chi connectivity index (χ0v) is 6.78. The molecule has 7 heteroatoms. The third-order valence-corrected chi connectivity index (χ3v) is 1.70. The van der Waals surface area contributed by atoms with Crippen LogP contribution in [0.2, 0.25) is 0 Å². The molecule has 0 aromatic rings. The van der Waals surface area contributed by atoms with Gasteiger partial charge in [0.1, 0.15) is 11.8 Å². The fourth-order valence-electron chi connectivity index (χ4n) is 1.00. The van der Waals surface area contributed by atoms with Gasteiger partial charge in [0.2, 0.25) is 0 Å². The Balaban J connectivity index is 2.78. The fourth-order valence-corrected chi connectivity index (χ4v) is 1.00. The lowest BCUT2D eigenvalue weighted by Crippen LogP contribution is -2.29. The summed E-state index contributed by atoms with van der Waals surface area (Å²) < 4.78 is 24.4. The number of carbonyl (C=O) groups is 1. The van der Waals surface area contributed by atoms with Gasteiger partial charge in [0.15, 0.2) is 5.78 Å². The van der Waals surface area contributed by atoms with Gasteiger partial charge >= 0.3 is 0 Å². The van der Waals surface area contributed by atoms with Gasteiger partial charge in [-0.25, -0.2) is 8.78 Å². The Morgan fingerprint density at radius 1 is 1.77 bits per heavy atom. The van der Waals surface area contributed by atoms with Crippen molar-refractivity contribution >= 4 is 11.5 Å². The predicted molar refractivity (Wildman–Crippen MR) is 40.2 cm³/mol. The number of alkyl halides is 2. The second kappa shape index (κ2) is 3.55. The number of Topliss-reactive ketones (excluding diaryl/α,β-unsaturated/α-hetero) is 1. The van der Waals surface area contributed by atoms with Gasteiger partial charge in [-0.2, -0.15) is 5.10 Å². The van der Waals surface area contributed by atoms with Crippen LogP contribution in [-0.2, 0) is 4.79 Å². The first-order valence-corrected chi connectivity index (χ1v) is 3.55. The Labute approximate surface area is 72.3 Å². The molecular formula is C6H7F2N3O2. The second-order valence-corrected chi connectivity index (χ2v) is 2.61. The molecule has 0 fully saturated rings. The lowest BCUT2D eigenvalue weighted by molar-refractivity contribution is -0.111. The highest BCUT2D eigenvalue weighted by Crippen LogP contribution is 2.21. The highest BCUT2D eigenvalue weighted by molar-refractivity contribution is 6.39. The van der Waals surface area contributed by atoms with Crippen LogP contribution < -0.4 is 0 Å². The largest absolute Gasteiger partial charge is 0.293 e. The number of hydrogen-bond donors (Lipinski definition) is 0. The quantitative estimate of drug-likeness (QED) is 0.624. The van der Waals surface area contributed by atoms with Gasteiger partial charge in [-0.3, -0.25) is 4.79 Å². The average molecular weight is 191 g/mol. The molecule has 0 N–H and O–H groups in total. The van der Waals surface area contributed by atoms with Crippen molar-refractivity contribution in [1.82, 2.24) is 5.12 Å². The molecule has 0 spiro atoms. The standard InChI is InChI=1S/C6H7F2N3O2/c1-3(12)4-2-5(6(7)8)11(9-4)10-13/h5-6H,2H2,1H3. The molecule has 0 aromatic heterocycles. The first-order valence-electron chi connectivity index (χ1n) is 3.55. The minimum Gasteiger partial charge on any atom is -0.293 e. The molecule has 1 rings (SSSR count). The van der Waals surface area contributed by atoms with Gasteiger partial charge in [0.05, 0.1) is 5.29 Å². The van der Waals surface area contributed by atoms with Crippen LogP contribution in [0.3, 0.4) is 0 Å². The van der Waals surface area contributed by atoms with E-state index in [4.69, 9.17) is 0 Å². The molecule has 5 nitrogen and oxygen atoms in total. The number of rotatable bonds is 3. The zero-order valence-electron chi connectivity index (χ0n) is 6.78. The summed E-state index contributed by atoms with van der Waals surface area (Å²) in [5.41, 5.74) is -0.0371. The smallest absolute Gasteiger partial charge is 0.262 e. The van der Waals surface area contributed by atoms with E-state index in [0.29, 0.717) is 5.12 Å². The number of nitroso groups, excluding NO2 is 1. The molecule has 1 heterocycles. The Bertz CT molecular complexity index is 267. The number of carbonyl (C=O) groups excluding carboxylic acids is 1. The van der Waals surface area contributed by atoms with Crippen molar-refractivity contribution in [2.45, 2.75) is 25.8 Å². The molecule has 0 saturated carbocycles. The van der Waals surface area contributed by atoms with Crippen LogP contribution in [0.1, 0.15) is 13.3 Å². The van der Waals surface area contributed by atoms with Gasteiger partial charge in [-0.1, -0.05) is 0 Å². The summed E-state index contributed by atoms with van der Waals surface area (Å²) >= 11 is 0. The van der Waals surface area contributed by atoms with E-state index < -0.39 is 18.3 Å². The third-order valence-electron chi connectivity index (χ3n) is 1.70. The first kappa shape index (κ1) is 9.69. The maximum absolute atomic E-state index is 12.2. The highest BCUT2D eigenvalue weighted by atomic mass is 19.3. The van der Waals surface area contributed by atoms with Gasteiger partial charge in [0, 0.05) is 13.3 Å². The number of halogens is 2. The molecule has 13 heavy (non-hydrogen) atoms. The maximum Gasteiger partial charge on any atom is 0.262 e. The first-order chi connectivity index (χ1) is 6.06. The molecule has 0 aromatic carbocycles. The SMILES string of the molecule is CC(=O)C1=NN(N=O)C(C(F)F)C1. The lowest BCUT2D eigenvalue weighted by atomic mass is 10.1. The molecule has 1 unspecified atom stereocenters. The van der Waals surface area contributed by atoms with Crippen molar-refractivity contribution in [2.24, 2.45) is 10.4 Å². The maximum atomic E-state index is 12.2. The summed E-state index contributed by atoms with van der Waals surface area (Å²) in [7, 11) is 0. The Hall–Kier alpha value is -1.40. The summed E-state index contributed by atoms with van der Waals surface area (Å²) in [4.78, 5) is 20.7. The van der Waals surface area contributed by atoms with Crippen LogP contribution >= 0.6 is 0 Å². The van der Waals surface area contributed by atoms with E-state index in [1.54, 1.807) is 0 Å². The van der Waals surface area contributed by atoms with E-state index in [-0.39, 0.29) is 12.1 Å². The Morgan fingerprint density at radius 3 is 2.69 bits per heavy atom. The van der Waals surface area contributed by atoms with Gasteiger partial charge in [-0.15, -0.1) is 10.0 Å². The van der Waals surface area contributed by atoms with Crippen LogP contribution in [0.25, 0.3) is 0 Å². The minimum atomic E-state index is -2.74. The molecular weight excluding hydrogens is 184 g/mol. The van der Waals surface area contributed by atoms with Crippen LogP contribution in [0.15, 0.2) is 10.4 Å². The fraction of sp³-hybridized carbons (Fsp3) is 0.667. The van der Waals surface area contributed by atoms with Crippen LogP contribution in [0.5, 0.6) is 0 Å². The second-order valence-electron chi connectivity index (χ2n) is 2.61. The zero-order chi connectivity index (χ0) is 10.0. The van der Waals surface area contributed by atoms with Crippen LogP contribution in [-0.4, -0.2) is 29.1 Å². The summed E-state index contributed by atoms with van der Waals surface area (Å²) in [6, 6.07) is -1.39. The van der Waals surface area contributed by atoms with Gasteiger partial charge < -0.3 is 0 Å². The lowest BCUT2D eigenvalue weighted by Gasteiger charge is -2.12. The number of hydrogen-bond acceptors (Lipinski definition) is 4. The minimum absolute atomic E-state index is 0.0371. The van der Waals surface area contributed by atoms with E-state index >= 15 is 0 Å². The van der Waals surface area contributed by atoms with Crippen molar-refractivity contribution < 1.29 is 13.6 Å². The summed E-state index contributed by atoms with van der Waals surface area (Å²) in [5, 5.41) is 5.99. The molecule has 0 radical (unpaired) electrons. The summed E-state index contributed by atoms with van der Waals surface area (Å²) in [6.45, 7) is 1.20. The Kier molecular flexibility index (Phi) is 2.64. The molecule has 0 bridgehead atoms. The number of nitrogens with zero attached hydrogens (tertiary/aromatic N) is 3. The number of ketones is 1. The topological polar surface area (TPSA) is 62.1 Å². The third kappa shape index (κ3) is 1.85. The average Bonchev–Trinajstić information content (AvgIpc) is 2.47. The van der Waals surface area contributed by atoms with E-state index in [1.165, 1.54) is 6.92 Å². The number of hydrazone groups is 1. The summed E-state index contributed by atoms with van der Waals surface area (Å²) in [5.74, 6) is -0.420. The molecule has 1 aliphatic heterocycles. The van der Waals surface area contributed by atoms with E-state index in [1.807, 2.05) is 0 Å². The van der Waals surface area contributed by atoms with E-state index in [0.717, 1.165) is 0 Å². The van der Waals surface area contributed by atoms with Crippen molar-refractivity contribution in [3.05, 3.63) is 4.91 Å². The van der Waals surface area contributed by atoms with Crippen molar-refractivity contribution in [3.8, 4) is 0 Å². The van der Waals surface area contributed by atoms with E-state index in [9.17, 15) is 18.5 Å². The van der Waals surface area contributed by atoms with Crippen molar-refractivity contribution in [2.75, 3.05) is 0 Å². The van der Waals surface area contributed by atoms with Crippen molar-refractivity contribution in [1.29, 1.82) is 0 Å². The molecule has 0 amide bonds. The summed E-state index contributed by atoms with van der Waals surface area (Å²) in [6.07, 6.45) is -2.96. The molecule has 72 valence electrons. The van der Waals surface area contributed by atoms with E-state index in [2.05, 4.69) is 10.4 Å². The predicted octanol–water partition coefficient (Wildman–Crippen LogP) is 0.952. The highest BCUT2D eigenvalue weighted by Gasteiger charge is 2.36. The van der Waals surface area contributed by atoms with Crippen LogP contribution in [0.4, 0.5) is 8.78 Å². The molecule has 1 aliphatic rings. The van der Waals surface area contributed by atoms with Gasteiger partial charge in [0.25, 0.3) is 6.43 Å². The monoisotopic (exact) mass is 191 g/mol. The van der Waals surface area contributed by atoms with Gasteiger partial charge in [-0.05, 0) is 0 Å². The van der Waals surface area contributed by atoms with Crippen molar-refractivity contribution in [3.63, 3.8) is 0 Å². The Morgan fingerprint density at radius 2 is 2.38 bits per heavy atom. The molecule has 0 aliphatic carbocycles. The molecule has 1 atom stereocenters. The normalized spacial score (nSPS) is 22.0. The van der Waals surface area contributed by atoms with Crippen LogP contribution in [0, 0.1) is 4.91 Å². The molecule has 0 saturated heterocycles.